The van der Waals surface area contributed by atoms with Crippen molar-refractivity contribution < 1.29 is 8.42 Å². The maximum absolute atomic E-state index is 11.2. The zero-order valence-electron chi connectivity index (χ0n) is 8.09. The summed E-state index contributed by atoms with van der Waals surface area (Å²) in [6.45, 7) is 0.334. The van der Waals surface area contributed by atoms with Gasteiger partial charge in [-0.1, -0.05) is 6.07 Å². The van der Waals surface area contributed by atoms with E-state index in [4.69, 9.17) is 5.73 Å². The Hall–Kier alpha value is -0.690. The van der Waals surface area contributed by atoms with E-state index < -0.39 is 10.0 Å². The van der Waals surface area contributed by atoms with E-state index in [0.717, 1.165) is 0 Å². The molecule has 0 unspecified atom stereocenters. The minimum atomic E-state index is -3.24. The van der Waals surface area contributed by atoms with E-state index in [1.165, 1.54) is 0 Å². The van der Waals surface area contributed by atoms with Gasteiger partial charge in [0.15, 0.2) is 0 Å². The van der Waals surface area contributed by atoms with Gasteiger partial charge in [-0.05, 0) is 12.1 Å². The average molecular weight is 252 g/mol. The Labute approximate surface area is 95.5 Å². The molecule has 0 aliphatic rings. The van der Waals surface area contributed by atoms with Gasteiger partial charge in [-0.3, -0.25) is 4.98 Å². The Balaban J connectivity index is 0.00000196. The van der Waals surface area contributed by atoms with Crippen LogP contribution in [-0.2, 0) is 16.6 Å². The lowest BCUT2D eigenvalue weighted by atomic mass is 10.4. The van der Waals surface area contributed by atoms with E-state index in [0.29, 0.717) is 5.69 Å². The van der Waals surface area contributed by atoms with Crippen molar-refractivity contribution in [2.45, 2.75) is 6.54 Å². The highest BCUT2D eigenvalue weighted by Crippen LogP contribution is 1.93. The highest BCUT2D eigenvalue weighted by atomic mass is 35.5. The van der Waals surface area contributed by atoms with Gasteiger partial charge in [0.2, 0.25) is 10.0 Å². The van der Waals surface area contributed by atoms with Crippen molar-refractivity contribution in [2.24, 2.45) is 5.73 Å². The molecule has 3 N–H and O–H groups in total. The normalized spacial score (nSPS) is 10.7. The van der Waals surface area contributed by atoms with Gasteiger partial charge >= 0.3 is 0 Å². The minimum absolute atomic E-state index is 0. The van der Waals surface area contributed by atoms with Gasteiger partial charge in [0.25, 0.3) is 0 Å². The van der Waals surface area contributed by atoms with Crippen LogP contribution in [0.2, 0.25) is 0 Å². The predicted molar refractivity (Wildman–Crippen MR) is 61.2 cm³/mol. The van der Waals surface area contributed by atoms with E-state index in [-0.39, 0.29) is 31.2 Å². The van der Waals surface area contributed by atoms with Gasteiger partial charge in [0, 0.05) is 12.7 Å². The smallest absolute Gasteiger partial charge is 0.213 e. The number of nitrogens with zero attached hydrogens (tertiary/aromatic N) is 1. The molecule has 0 saturated heterocycles. The largest absolute Gasteiger partial charge is 0.329 e. The van der Waals surface area contributed by atoms with Crippen LogP contribution < -0.4 is 10.5 Å². The maximum atomic E-state index is 11.2. The second-order valence-electron chi connectivity index (χ2n) is 2.75. The molecule has 0 amide bonds. The van der Waals surface area contributed by atoms with Crippen molar-refractivity contribution in [1.82, 2.24) is 9.71 Å². The fourth-order valence-electron chi connectivity index (χ4n) is 0.914. The Morgan fingerprint density at radius 3 is 2.67 bits per heavy atom. The zero-order chi connectivity index (χ0) is 10.4. The number of hydrogen-bond acceptors (Lipinski definition) is 4. The molecule has 5 nitrogen and oxygen atoms in total. The Bertz CT molecular complexity index is 369. The van der Waals surface area contributed by atoms with Crippen LogP contribution in [-0.4, -0.2) is 25.7 Å². The lowest BCUT2D eigenvalue weighted by Crippen LogP contribution is -2.29. The summed E-state index contributed by atoms with van der Waals surface area (Å²) in [7, 11) is -3.24. The van der Waals surface area contributed by atoms with Crippen LogP contribution in [0.3, 0.4) is 0 Å². The molecule has 1 rings (SSSR count). The quantitative estimate of drug-likeness (QED) is 0.764. The fraction of sp³-hybridized carbons (Fsp3) is 0.375. The lowest BCUT2D eigenvalue weighted by Gasteiger charge is -2.04. The van der Waals surface area contributed by atoms with Crippen LogP contribution >= 0.6 is 12.4 Å². The molecule has 1 aromatic heterocycles. The van der Waals surface area contributed by atoms with Gasteiger partial charge in [-0.25, -0.2) is 13.1 Å². The monoisotopic (exact) mass is 251 g/mol. The predicted octanol–water partition coefficient (Wildman–Crippen LogP) is -0.119. The molecular weight excluding hydrogens is 238 g/mol. The fourth-order valence-corrected chi connectivity index (χ4v) is 1.74. The first-order chi connectivity index (χ1) is 6.64. The summed E-state index contributed by atoms with van der Waals surface area (Å²) in [6, 6.07) is 5.34. The summed E-state index contributed by atoms with van der Waals surface area (Å²) in [5.41, 5.74) is 5.84. The zero-order valence-corrected chi connectivity index (χ0v) is 9.72. The molecule has 7 heteroatoms. The average Bonchev–Trinajstić information content (AvgIpc) is 2.17. The van der Waals surface area contributed by atoms with Crippen molar-refractivity contribution in [3.05, 3.63) is 30.1 Å². The Kier molecular flexibility index (Phi) is 6.42. The maximum Gasteiger partial charge on any atom is 0.213 e. The van der Waals surface area contributed by atoms with Crippen molar-refractivity contribution in [3.8, 4) is 0 Å². The van der Waals surface area contributed by atoms with E-state index in [1.807, 2.05) is 0 Å². The molecule has 0 spiro atoms. The number of hydrogen-bond donors (Lipinski definition) is 2. The summed E-state index contributed by atoms with van der Waals surface area (Å²) in [5.74, 6) is -0.0557. The van der Waals surface area contributed by atoms with Gasteiger partial charge in [0.1, 0.15) is 0 Å². The second kappa shape index (κ2) is 6.73. The van der Waals surface area contributed by atoms with E-state index in [1.54, 1.807) is 24.4 Å². The molecule has 15 heavy (non-hydrogen) atoms. The van der Waals surface area contributed by atoms with Crippen LogP contribution in [0, 0.1) is 0 Å². The molecule has 0 radical (unpaired) electrons. The third kappa shape index (κ3) is 5.68. The molecule has 0 saturated carbocycles. The number of halogens is 1. The SMILES string of the molecule is Cl.NCCS(=O)(=O)NCc1ccccn1. The number of nitrogens with one attached hydrogen (secondary N) is 1. The van der Waals surface area contributed by atoms with Crippen LogP contribution in [0.25, 0.3) is 0 Å². The van der Waals surface area contributed by atoms with Gasteiger partial charge in [-0.15, -0.1) is 12.4 Å². The third-order valence-corrected chi connectivity index (χ3v) is 2.94. The summed E-state index contributed by atoms with van der Waals surface area (Å²) in [6.07, 6.45) is 1.62. The standard InChI is InChI=1S/C8H13N3O2S.ClH/c9-4-6-14(12,13)11-7-8-3-1-2-5-10-8;/h1-3,5,11H,4,6-7,9H2;1H. The molecule has 1 aromatic rings. The van der Waals surface area contributed by atoms with Crippen LogP contribution in [0.4, 0.5) is 0 Å². The van der Waals surface area contributed by atoms with Crippen molar-refractivity contribution >= 4 is 22.4 Å². The molecule has 1 heterocycles. The van der Waals surface area contributed by atoms with Crippen LogP contribution in [0.15, 0.2) is 24.4 Å². The molecule has 0 atom stereocenters. The molecule has 0 aromatic carbocycles. The first-order valence-corrected chi connectivity index (χ1v) is 5.86. The number of sulfonamides is 1. The summed E-state index contributed by atoms with van der Waals surface area (Å²) in [4.78, 5) is 3.98. The van der Waals surface area contributed by atoms with Crippen molar-refractivity contribution in [2.75, 3.05) is 12.3 Å². The summed E-state index contributed by atoms with van der Waals surface area (Å²) < 4.78 is 24.8. The molecular formula is C8H14ClN3O2S. The highest BCUT2D eigenvalue weighted by Gasteiger charge is 2.07. The molecule has 0 aliphatic carbocycles. The van der Waals surface area contributed by atoms with Crippen LogP contribution in [0.1, 0.15) is 5.69 Å². The number of rotatable bonds is 5. The van der Waals surface area contributed by atoms with Gasteiger partial charge < -0.3 is 5.73 Å². The number of nitrogens with two attached hydrogens (primary N) is 1. The van der Waals surface area contributed by atoms with Gasteiger partial charge in [0.05, 0.1) is 18.0 Å². The van der Waals surface area contributed by atoms with E-state index in [9.17, 15) is 8.42 Å². The Morgan fingerprint density at radius 1 is 1.40 bits per heavy atom. The van der Waals surface area contributed by atoms with Crippen LogP contribution in [0.5, 0.6) is 0 Å². The topological polar surface area (TPSA) is 85.1 Å². The number of pyridine rings is 1. The van der Waals surface area contributed by atoms with Crippen molar-refractivity contribution in [3.63, 3.8) is 0 Å². The van der Waals surface area contributed by atoms with E-state index in [2.05, 4.69) is 9.71 Å². The summed E-state index contributed by atoms with van der Waals surface area (Å²) in [5, 5.41) is 0. The first-order valence-electron chi connectivity index (χ1n) is 4.21. The van der Waals surface area contributed by atoms with Crippen molar-refractivity contribution in [1.29, 1.82) is 0 Å². The first kappa shape index (κ1) is 14.3. The molecule has 0 fully saturated rings. The molecule has 0 bridgehead atoms. The van der Waals surface area contributed by atoms with Gasteiger partial charge in [-0.2, -0.15) is 0 Å². The second-order valence-corrected chi connectivity index (χ2v) is 4.68. The Morgan fingerprint density at radius 2 is 2.13 bits per heavy atom. The third-order valence-electron chi connectivity index (χ3n) is 1.59. The molecule has 0 aliphatic heterocycles. The molecule has 86 valence electrons. The summed E-state index contributed by atoms with van der Waals surface area (Å²) >= 11 is 0. The minimum Gasteiger partial charge on any atom is -0.329 e. The number of aromatic nitrogens is 1. The lowest BCUT2D eigenvalue weighted by molar-refractivity contribution is 0.580. The highest BCUT2D eigenvalue weighted by molar-refractivity contribution is 7.89. The van der Waals surface area contributed by atoms with E-state index >= 15 is 0 Å².